The fourth-order valence-electron chi connectivity index (χ4n) is 3.52. The highest BCUT2D eigenvalue weighted by Gasteiger charge is 2.39. The molecule has 0 amide bonds. The molecule has 4 rings (SSSR count). The van der Waals surface area contributed by atoms with Crippen LogP contribution in [0.3, 0.4) is 0 Å². The molecule has 0 aliphatic heterocycles. The standard InChI is InChI=1S/C21H16N2O7S2/c1-11-6-8-12(9-7-11)23-31(26,27)15-10-16(32(28,29)30)19(22)18-17(15)20(24)13-4-2-3-5-14(13)21(18)25/h2-10,23H,22H2,1H3,(H,28,29,30). The number of benzene rings is 3. The Bertz CT molecular complexity index is 1530. The van der Waals surface area contributed by atoms with Gasteiger partial charge in [-0.1, -0.05) is 42.0 Å². The summed E-state index contributed by atoms with van der Waals surface area (Å²) in [5, 5.41) is 0. The zero-order valence-electron chi connectivity index (χ0n) is 16.5. The van der Waals surface area contributed by atoms with E-state index in [9.17, 15) is 31.0 Å². The Balaban J connectivity index is 2.04. The average molecular weight is 473 g/mol. The van der Waals surface area contributed by atoms with E-state index in [4.69, 9.17) is 5.73 Å². The summed E-state index contributed by atoms with van der Waals surface area (Å²) in [7, 11) is -9.61. The van der Waals surface area contributed by atoms with Gasteiger partial charge < -0.3 is 5.73 Å². The molecule has 1 aliphatic carbocycles. The minimum atomic E-state index is -5.03. The van der Waals surface area contributed by atoms with Crippen molar-refractivity contribution in [2.75, 3.05) is 10.5 Å². The quantitative estimate of drug-likeness (QED) is 0.301. The van der Waals surface area contributed by atoms with Gasteiger partial charge in [0.1, 0.15) is 9.79 Å². The number of aryl methyl sites for hydroxylation is 1. The van der Waals surface area contributed by atoms with Crippen LogP contribution in [0.2, 0.25) is 0 Å². The molecule has 1 aliphatic rings. The Morgan fingerprint density at radius 3 is 1.88 bits per heavy atom. The first kappa shape index (κ1) is 21.7. The van der Waals surface area contributed by atoms with Crippen LogP contribution < -0.4 is 10.5 Å². The Morgan fingerprint density at radius 1 is 0.812 bits per heavy atom. The number of sulfonamides is 1. The van der Waals surface area contributed by atoms with Crippen LogP contribution in [0.1, 0.15) is 37.4 Å². The van der Waals surface area contributed by atoms with Gasteiger partial charge in [-0.15, -0.1) is 0 Å². The van der Waals surface area contributed by atoms with Crippen molar-refractivity contribution < 1.29 is 31.0 Å². The minimum absolute atomic E-state index is 0.0456. The average Bonchev–Trinajstić information content (AvgIpc) is 2.72. The summed E-state index contributed by atoms with van der Waals surface area (Å²) in [6, 6.07) is 12.5. The summed E-state index contributed by atoms with van der Waals surface area (Å²) in [5.74, 6) is -1.64. The smallest absolute Gasteiger partial charge is 0.296 e. The number of hydrogen-bond donors (Lipinski definition) is 3. The molecule has 3 aromatic rings. The highest BCUT2D eigenvalue weighted by atomic mass is 32.2. The van der Waals surface area contributed by atoms with Crippen molar-refractivity contribution >= 4 is 43.1 Å². The third-order valence-electron chi connectivity index (χ3n) is 5.04. The molecule has 0 atom stereocenters. The van der Waals surface area contributed by atoms with Crippen LogP contribution in [-0.2, 0) is 20.1 Å². The lowest BCUT2D eigenvalue weighted by molar-refractivity contribution is 0.0977. The maximum Gasteiger partial charge on any atom is 0.296 e. The van der Waals surface area contributed by atoms with Gasteiger partial charge in [-0.05, 0) is 25.1 Å². The van der Waals surface area contributed by atoms with Crippen LogP contribution >= 0.6 is 0 Å². The topological polar surface area (TPSA) is 161 Å². The zero-order valence-corrected chi connectivity index (χ0v) is 18.1. The molecule has 164 valence electrons. The number of rotatable bonds is 4. The maximum absolute atomic E-state index is 13.2. The molecule has 0 spiro atoms. The first-order valence-corrected chi connectivity index (χ1v) is 12.1. The van der Waals surface area contributed by atoms with E-state index >= 15 is 0 Å². The number of hydrogen-bond acceptors (Lipinski definition) is 7. The minimum Gasteiger partial charge on any atom is -0.397 e. The third kappa shape index (κ3) is 3.45. The second-order valence-electron chi connectivity index (χ2n) is 7.19. The second-order valence-corrected chi connectivity index (χ2v) is 10.2. The van der Waals surface area contributed by atoms with Gasteiger partial charge in [0.15, 0.2) is 11.6 Å². The molecule has 0 saturated heterocycles. The number of carbonyl (C=O) groups excluding carboxylic acids is 2. The Labute approximate surface area is 183 Å². The molecule has 32 heavy (non-hydrogen) atoms. The number of nitrogen functional groups attached to an aromatic ring is 1. The number of fused-ring (bicyclic) bond motifs is 2. The van der Waals surface area contributed by atoms with Crippen molar-refractivity contribution in [3.8, 4) is 0 Å². The SMILES string of the molecule is Cc1ccc(NS(=O)(=O)c2cc(S(=O)(=O)O)c(N)c3c2C(=O)c2ccccc2C3=O)cc1. The second kappa shape index (κ2) is 7.26. The van der Waals surface area contributed by atoms with Gasteiger partial charge in [0.25, 0.3) is 20.1 Å². The van der Waals surface area contributed by atoms with Crippen molar-refractivity contribution in [1.29, 1.82) is 0 Å². The summed E-state index contributed by atoms with van der Waals surface area (Å²) in [5.41, 5.74) is 4.91. The number of ketones is 2. The molecular weight excluding hydrogens is 456 g/mol. The van der Waals surface area contributed by atoms with E-state index in [1.807, 2.05) is 0 Å². The lowest BCUT2D eigenvalue weighted by Gasteiger charge is -2.23. The van der Waals surface area contributed by atoms with E-state index in [2.05, 4.69) is 4.72 Å². The van der Waals surface area contributed by atoms with Crippen molar-refractivity contribution in [1.82, 2.24) is 0 Å². The molecule has 11 heteroatoms. The molecule has 0 fully saturated rings. The molecule has 0 saturated carbocycles. The van der Waals surface area contributed by atoms with Crippen molar-refractivity contribution in [2.45, 2.75) is 16.7 Å². The predicted molar refractivity (Wildman–Crippen MR) is 116 cm³/mol. The molecule has 0 bridgehead atoms. The largest absolute Gasteiger partial charge is 0.397 e. The molecule has 0 radical (unpaired) electrons. The Hall–Kier alpha value is -3.54. The van der Waals surface area contributed by atoms with Crippen molar-refractivity contribution in [3.05, 3.63) is 82.4 Å². The Kier molecular flexibility index (Phi) is 4.92. The lowest BCUT2D eigenvalue weighted by Crippen LogP contribution is -2.28. The van der Waals surface area contributed by atoms with E-state index < -0.39 is 58.3 Å². The fourth-order valence-corrected chi connectivity index (χ4v) is 5.53. The van der Waals surface area contributed by atoms with E-state index in [1.54, 1.807) is 19.1 Å². The molecule has 9 nitrogen and oxygen atoms in total. The van der Waals surface area contributed by atoms with Crippen LogP contribution in [0.4, 0.5) is 11.4 Å². The molecule has 0 aromatic heterocycles. The monoisotopic (exact) mass is 472 g/mol. The lowest BCUT2D eigenvalue weighted by atomic mass is 9.83. The summed E-state index contributed by atoms with van der Waals surface area (Å²) in [6.07, 6.45) is 0. The summed E-state index contributed by atoms with van der Waals surface area (Å²) < 4.78 is 62.1. The molecule has 0 heterocycles. The number of carbonyl (C=O) groups is 2. The summed E-state index contributed by atoms with van der Waals surface area (Å²) >= 11 is 0. The third-order valence-corrected chi connectivity index (χ3v) is 7.33. The van der Waals surface area contributed by atoms with E-state index in [1.165, 1.54) is 36.4 Å². The Morgan fingerprint density at radius 2 is 1.34 bits per heavy atom. The number of nitrogens with one attached hydrogen (secondary N) is 1. The van der Waals surface area contributed by atoms with Gasteiger partial charge in [0, 0.05) is 16.8 Å². The maximum atomic E-state index is 13.2. The van der Waals surface area contributed by atoms with E-state index in [0.29, 0.717) is 6.07 Å². The van der Waals surface area contributed by atoms with Crippen molar-refractivity contribution in [3.63, 3.8) is 0 Å². The van der Waals surface area contributed by atoms with Crippen LogP contribution in [0.15, 0.2) is 64.4 Å². The first-order chi connectivity index (χ1) is 14.9. The van der Waals surface area contributed by atoms with Crippen LogP contribution in [0, 0.1) is 6.92 Å². The summed E-state index contributed by atoms with van der Waals surface area (Å²) in [6.45, 7) is 1.80. The van der Waals surface area contributed by atoms with Gasteiger partial charge in [0.05, 0.1) is 16.8 Å². The number of anilines is 2. The van der Waals surface area contributed by atoms with E-state index in [-0.39, 0.29) is 16.8 Å². The number of nitrogens with two attached hydrogens (primary N) is 1. The molecular formula is C21H16N2O7S2. The molecule has 4 N–H and O–H groups in total. The van der Waals surface area contributed by atoms with Crippen LogP contribution in [0.5, 0.6) is 0 Å². The zero-order chi connectivity index (χ0) is 23.4. The van der Waals surface area contributed by atoms with Gasteiger partial charge in [-0.25, -0.2) is 8.42 Å². The molecule has 0 unspecified atom stereocenters. The van der Waals surface area contributed by atoms with Gasteiger partial charge in [0.2, 0.25) is 0 Å². The highest BCUT2D eigenvalue weighted by molar-refractivity contribution is 7.93. The van der Waals surface area contributed by atoms with Gasteiger partial charge in [-0.3, -0.25) is 18.9 Å². The van der Waals surface area contributed by atoms with E-state index in [0.717, 1.165) is 5.56 Å². The van der Waals surface area contributed by atoms with Crippen LogP contribution in [0.25, 0.3) is 0 Å². The first-order valence-electron chi connectivity index (χ1n) is 9.13. The summed E-state index contributed by atoms with van der Waals surface area (Å²) in [4.78, 5) is 24.5. The van der Waals surface area contributed by atoms with Gasteiger partial charge in [-0.2, -0.15) is 8.42 Å². The predicted octanol–water partition coefficient (Wildman–Crippen LogP) is 2.40. The van der Waals surface area contributed by atoms with Gasteiger partial charge >= 0.3 is 0 Å². The molecule has 3 aromatic carbocycles. The van der Waals surface area contributed by atoms with Crippen molar-refractivity contribution in [2.24, 2.45) is 0 Å². The van der Waals surface area contributed by atoms with Crippen LogP contribution in [-0.4, -0.2) is 33.0 Å². The normalized spacial score (nSPS) is 13.4. The fraction of sp³-hybridized carbons (Fsp3) is 0.0476. The highest BCUT2D eigenvalue weighted by Crippen LogP contribution is 2.38.